The van der Waals surface area contributed by atoms with Crippen LogP contribution in [0.1, 0.15) is 24.2 Å². The quantitative estimate of drug-likeness (QED) is 0.644. The molecular formula is C14H20FN3O3. The van der Waals surface area contributed by atoms with E-state index in [9.17, 15) is 19.3 Å². The van der Waals surface area contributed by atoms with Gasteiger partial charge in [-0.3, -0.25) is 14.9 Å². The molecule has 0 aliphatic rings. The van der Waals surface area contributed by atoms with E-state index < -0.39 is 22.3 Å². The van der Waals surface area contributed by atoms with Crippen molar-refractivity contribution in [1.82, 2.24) is 10.2 Å². The molecule has 0 aliphatic heterocycles. The summed E-state index contributed by atoms with van der Waals surface area (Å²) in [6.07, 6.45) is 0. The van der Waals surface area contributed by atoms with Gasteiger partial charge in [-0.1, -0.05) is 13.8 Å². The van der Waals surface area contributed by atoms with Gasteiger partial charge < -0.3 is 10.2 Å². The Labute approximate surface area is 123 Å². The molecule has 0 radical (unpaired) electrons. The molecule has 1 aromatic carbocycles. The van der Waals surface area contributed by atoms with E-state index in [4.69, 9.17) is 0 Å². The van der Waals surface area contributed by atoms with Crippen molar-refractivity contribution < 1.29 is 14.1 Å². The molecule has 0 aromatic heterocycles. The largest absolute Gasteiger partial charge is 0.350 e. The molecular weight excluding hydrogens is 277 g/mol. The zero-order valence-electron chi connectivity index (χ0n) is 12.6. The molecule has 1 atom stereocenters. The van der Waals surface area contributed by atoms with Crippen molar-refractivity contribution in [1.29, 1.82) is 0 Å². The molecule has 0 saturated heterocycles. The highest BCUT2D eigenvalue weighted by Crippen LogP contribution is 2.19. The van der Waals surface area contributed by atoms with E-state index >= 15 is 0 Å². The lowest BCUT2D eigenvalue weighted by molar-refractivity contribution is -0.385. The van der Waals surface area contributed by atoms with E-state index in [0.717, 1.165) is 18.2 Å². The fourth-order valence-electron chi connectivity index (χ4n) is 2.16. The predicted octanol–water partition coefficient (Wildman–Crippen LogP) is 2.05. The van der Waals surface area contributed by atoms with Crippen molar-refractivity contribution >= 4 is 11.6 Å². The number of nitro benzene ring substituents is 1. The van der Waals surface area contributed by atoms with Crippen LogP contribution in [0.5, 0.6) is 0 Å². The highest BCUT2D eigenvalue weighted by atomic mass is 19.1. The predicted molar refractivity (Wildman–Crippen MR) is 77.7 cm³/mol. The molecule has 1 unspecified atom stereocenters. The van der Waals surface area contributed by atoms with Gasteiger partial charge in [-0.2, -0.15) is 0 Å². The van der Waals surface area contributed by atoms with Gasteiger partial charge in [0.05, 0.1) is 4.92 Å². The van der Waals surface area contributed by atoms with Gasteiger partial charge in [0.2, 0.25) is 0 Å². The minimum Gasteiger partial charge on any atom is -0.350 e. The summed E-state index contributed by atoms with van der Waals surface area (Å²) >= 11 is 0. The first-order valence-corrected chi connectivity index (χ1v) is 6.62. The molecule has 0 saturated carbocycles. The normalized spacial score (nSPS) is 12.5. The van der Waals surface area contributed by atoms with Gasteiger partial charge in [0, 0.05) is 18.7 Å². The molecule has 6 nitrogen and oxygen atoms in total. The SMILES string of the molecule is CC(C)C(CNC(=O)c1cc(F)ccc1[N+](=O)[O-])N(C)C. The molecule has 0 spiro atoms. The zero-order valence-corrected chi connectivity index (χ0v) is 12.6. The first kappa shape index (κ1) is 17.0. The van der Waals surface area contributed by atoms with Crippen molar-refractivity contribution in [3.05, 3.63) is 39.7 Å². The third-order valence-electron chi connectivity index (χ3n) is 3.30. The Balaban J connectivity index is 2.89. The Hall–Kier alpha value is -2.02. The number of likely N-dealkylation sites (N-methyl/N-ethyl adjacent to an activating group) is 1. The molecule has 116 valence electrons. The van der Waals surface area contributed by atoms with E-state index in [0.29, 0.717) is 12.5 Å². The number of halogens is 1. The van der Waals surface area contributed by atoms with Gasteiger partial charge in [-0.15, -0.1) is 0 Å². The number of nitrogens with one attached hydrogen (secondary N) is 1. The molecule has 1 N–H and O–H groups in total. The van der Waals surface area contributed by atoms with Crippen LogP contribution < -0.4 is 5.32 Å². The van der Waals surface area contributed by atoms with E-state index in [2.05, 4.69) is 5.32 Å². The second-order valence-electron chi connectivity index (χ2n) is 5.40. The van der Waals surface area contributed by atoms with Crippen molar-refractivity contribution in [2.45, 2.75) is 19.9 Å². The van der Waals surface area contributed by atoms with Crippen LogP contribution in [-0.2, 0) is 0 Å². The average Bonchev–Trinajstić information content (AvgIpc) is 2.37. The van der Waals surface area contributed by atoms with Crippen molar-refractivity contribution in [3.63, 3.8) is 0 Å². The minimum atomic E-state index is -0.694. The second-order valence-corrected chi connectivity index (χ2v) is 5.40. The summed E-state index contributed by atoms with van der Waals surface area (Å²) in [5.74, 6) is -1.03. The van der Waals surface area contributed by atoms with Gasteiger partial charge in [0.1, 0.15) is 11.4 Å². The molecule has 1 aromatic rings. The van der Waals surface area contributed by atoms with Gasteiger partial charge in [-0.25, -0.2) is 4.39 Å². The second kappa shape index (κ2) is 7.12. The van der Waals surface area contributed by atoms with Gasteiger partial charge >= 0.3 is 0 Å². The maximum Gasteiger partial charge on any atom is 0.282 e. The van der Waals surface area contributed by atoms with E-state index in [1.165, 1.54) is 0 Å². The number of hydrogen-bond donors (Lipinski definition) is 1. The van der Waals surface area contributed by atoms with Crippen molar-refractivity contribution in [3.8, 4) is 0 Å². The number of hydrogen-bond acceptors (Lipinski definition) is 4. The van der Waals surface area contributed by atoms with E-state index in [1.807, 2.05) is 32.8 Å². The standard InChI is InChI=1S/C14H20FN3O3/c1-9(2)13(17(3)4)8-16-14(19)11-7-10(15)5-6-12(11)18(20)21/h5-7,9,13H,8H2,1-4H3,(H,16,19). The Morgan fingerprint density at radius 2 is 2.05 bits per heavy atom. The van der Waals surface area contributed by atoms with E-state index in [1.54, 1.807) is 0 Å². The van der Waals surface area contributed by atoms with Crippen LogP contribution in [0.25, 0.3) is 0 Å². The molecule has 21 heavy (non-hydrogen) atoms. The minimum absolute atomic E-state index is 0.0848. The summed E-state index contributed by atoms with van der Waals surface area (Å²) in [5.41, 5.74) is -0.666. The number of carbonyl (C=O) groups is 1. The Kier molecular flexibility index (Phi) is 5.78. The summed E-state index contributed by atoms with van der Waals surface area (Å²) in [5, 5.41) is 13.5. The zero-order chi connectivity index (χ0) is 16.2. The third kappa shape index (κ3) is 4.49. The Morgan fingerprint density at radius 3 is 2.52 bits per heavy atom. The number of benzene rings is 1. The third-order valence-corrected chi connectivity index (χ3v) is 3.30. The lowest BCUT2D eigenvalue weighted by Gasteiger charge is -2.28. The monoisotopic (exact) mass is 297 g/mol. The van der Waals surface area contributed by atoms with Crippen LogP contribution in [-0.4, -0.2) is 42.4 Å². The van der Waals surface area contributed by atoms with Gasteiger partial charge in [0.15, 0.2) is 0 Å². The first-order valence-electron chi connectivity index (χ1n) is 6.62. The fourth-order valence-corrected chi connectivity index (χ4v) is 2.16. The number of nitro groups is 1. The summed E-state index contributed by atoms with van der Waals surface area (Å²) in [6.45, 7) is 4.36. The maximum atomic E-state index is 13.2. The molecule has 0 aliphatic carbocycles. The molecule has 1 amide bonds. The molecule has 7 heteroatoms. The number of rotatable bonds is 6. The highest BCUT2D eigenvalue weighted by molar-refractivity contribution is 5.98. The lowest BCUT2D eigenvalue weighted by atomic mass is 10.0. The highest BCUT2D eigenvalue weighted by Gasteiger charge is 2.23. The molecule has 0 heterocycles. The van der Waals surface area contributed by atoms with E-state index in [-0.39, 0.29) is 11.6 Å². The topological polar surface area (TPSA) is 75.5 Å². The maximum absolute atomic E-state index is 13.2. The summed E-state index contributed by atoms with van der Waals surface area (Å²) in [6, 6.07) is 2.93. The lowest BCUT2D eigenvalue weighted by Crippen LogP contribution is -2.43. The van der Waals surface area contributed by atoms with Crippen molar-refractivity contribution in [2.24, 2.45) is 5.92 Å². The fraction of sp³-hybridized carbons (Fsp3) is 0.500. The molecule has 0 fully saturated rings. The average molecular weight is 297 g/mol. The first-order chi connectivity index (χ1) is 9.73. The number of amides is 1. The summed E-state index contributed by atoms with van der Waals surface area (Å²) < 4.78 is 13.2. The molecule has 0 bridgehead atoms. The number of nitrogens with zero attached hydrogens (tertiary/aromatic N) is 2. The summed E-state index contributed by atoms with van der Waals surface area (Å²) in [4.78, 5) is 24.2. The van der Waals surface area contributed by atoms with Crippen LogP contribution in [0, 0.1) is 21.8 Å². The van der Waals surface area contributed by atoms with Crippen LogP contribution >= 0.6 is 0 Å². The van der Waals surface area contributed by atoms with Crippen LogP contribution in [0.2, 0.25) is 0 Å². The smallest absolute Gasteiger partial charge is 0.282 e. The van der Waals surface area contributed by atoms with Crippen molar-refractivity contribution in [2.75, 3.05) is 20.6 Å². The van der Waals surface area contributed by atoms with Gasteiger partial charge in [0.25, 0.3) is 11.6 Å². The van der Waals surface area contributed by atoms with Crippen LogP contribution in [0.3, 0.4) is 0 Å². The van der Waals surface area contributed by atoms with Gasteiger partial charge in [-0.05, 0) is 32.1 Å². The molecule has 1 rings (SSSR count). The number of carbonyl (C=O) groups excluding carboxylic acids is 1. The summed E-state index contributed by atoms with van der Waals surface area (Å²) in [7, 11) is 3.78. The van der Waals surface area contributed by atoms with Crippen LogP contribution in [0.4, 0.5) is 10.1 Å². The van der Waals surface area contributed by atoms with Crippen LogP contribution in [0.15, 0.2) is 18.2 Å². The Bertz CT molecular complexity index is 524. The Morgan fingerprint density at radius 1 is 1.43 bits per heavy atom.